The number of rotatable bonds is 11. The van der Waals surface area contributed by atoms with Gasteiger partial charge < -0.3 is 15.1 Å². The first-order valence-corrected chi connectivity index (χ1v) is 13.3. The van der Waals surface area contributed by atoms with Crippen LogP contribution in [0.1, 0.15) is 56.0 Å². The molecular formula is C30H34ClN3O3. The number of nitrogens with zero attached hydrogens (tertiary/aromatic N) is 2. The standard InChI is InChI=1S/C30H34ClN3O3/c1-4-25(29(36)32-18-20(2)3)34(19-22-10-5-6-14-24(22)31)27(35)16-9-17-33-26-15-8-12-21-11-7-13-23(28(21)26)30(33)37/h5-8,10-15,20,25H,4,9,16-19H2,1-3H3,(H,32,36). The van der Waals surface area contributed by atoms with Crippen LogP contribution in [-0.4, -0.2) is 41.8 Å². The quantitative estimate of drug-likeness (QED) is 0.347. The van der Waals surface area contributed by atoms with Gasteiger partial charge in [0.25, 0.3) is 5.91 Å². The number of benzene rings is 3. The summed E-state index contributed by atoms with van der Waals surface area (Å²) >= 11 is 6.41. The molecule has 6 nitrogen and oxygen atoms in total. The molecule has 1 heterocycles. The van der Waals surface area contributed by atoms with Crippen LogP contribution in [0, 0.1) is 5.92 Å². The van der Waals surface area contributed by atoms with E-state index in [9.17, 15) is 14.4 Å². The zero-order valence-electron chi connectivity index (χ0n) is 21.7. The third kappa shape index (κ3) is 5.80. The molecule has 37 heavy (non-hydrogen) atoms. The monoisotopic (exact) mass is 519 g/mol. The first-order valence-electron chi connectivity index (χ1n) is 13.0. The van der Waals surface area contributed by atoms with E-state index in [0.717, 1.165) is 22.0 Å². The number of halogens is 1. The maximum Gasteiger partial charge on any atom is 0.258 e. The lowest BCUT2D eigenvalue weighted by atomic mass is 10.1. The molecule has 1 atom stereocenters. The molecule has 3 aromatic carbocycles. The average molecular weight is 520 g/mol. The summed E-state index contributed by atoms with van der Waals surface area (Å²) in [5.74, 6) is -0.0188. The Labute approximate surface area is 223 Å². The molecule has 3 amide bonds. The molecule has 0 saturated heterocycles. The van der Waals surface area contributed by atoms with Crippen LogP contribution >= 0.6 is 11.6 Å². The van der Waals surface area contributed by atoms with Crippen molar-refractivity contribution in [3.05, 3.63) is 76.8 Å². The molecule has 1 aliphatic heterocycles. The Morgan fingerprint density at radius 2 is 1.76 bits per heavy atom. The Hall–Kier alpha value is -3.38. The molecule has 0 radical (unpaired) electrons. The molecule has 194 valence electrons. The fourth-order valence-electron chi connectivity index (χ4n) is 4.89. The van der Waals surface area contributed by atoms with Crippen LogP contribution in [0.5, 0.6) is 0 Å². The van der Waals surface area contributed by atoms with Gasteiger partial charge in [-0.3, -0.25) is 14.4 Å². The van der Waals surface area contributed by atoms with Gasteiger partial charge in [0.15, 0.2) is 0 Å². The Balaban J connectivity index is 1.49. The van der Waals surface area contributed by atoms with Gasteiger partial charge in [-0.05, 0) is 47.9 Å². The maximum absolute atomic E-state index is 13.6. The lowest BCUT2D eigenvalue weighted by Gasteiger charge is -2.31. The molecule has 1 N–H and O–H groups in total. The smallest absolute Gasteiger partial charge is 0.258 e. The highest BCUT2D eigenvalue weighted by atomic mass is 35.5. The number of amides is 3. The summed E-state index contributed by atoms with van der Waals surface area (Å²) in [5.41, 5.74) is 2.38. The summed E-state index contributed by atoms with van der Waals surface area (Å²) in [6.07, 6.45) is 1.19. The van der Waals surface area contributed by atoms with Gasteiger partial charge >= 0.3 is 0 Å². The molecule has 1 aliphatic rings. The number of anilines is 1. The van der Waals surface area contributed by atoms with Gasteiger partial charge in [-0.1, -0.05) is 74.8 Å². The van der Waals surface area contributed by atoms with Crippen molar-refractivity contribution in [1.29, 1.82) is 0 Å². The lowest BCUT2D eigenvalue weighted by Crippen LogP contribution is -2.49. The molecule has 0 spiro atoms. The highest BCUT2D eigenvalue weighted by molar-refractivity contribution is 6.31. The molecule has 4 rings (SSSR count). The predicted octanol–water partition coefficient (Wildman–Crippen LogP) is 5.81. The minimum Gasteiger partial charge on any atom is -0.354 e. The van der Waals surface area contributed by atoms with Crippen LogP contribution in [-0.2, 0) is 16.1 Å². The highest BCUT2D eigenvalue weighted by Crippen LogP contribution is 2.37. The van der Waals surface area contributed by atoms with Gasteiger partial charge in [0.2, 0.25) is 11.8 Å². The molecule has 0 bridgehead atoms. The summed E-state index contributed by atoms with van der Waals surface area (Å²) in [6.45, 7) is 7.20. The van der Waals surface area contributed by atoms with Crippen molar-refractivity contribution in [2.75, 3.05) is 18.0 Å². The SMILES string of the molecule is CCC(C(=O)NCC(C)C)N(Cc1ccccc1Cl)C(=O)CCCN1C(=O)c2cccc3cccc1c23. The van der Waals surface area contributed by atoms with Gasteiger partial charge in [0.1, 0.15) is 6.04 Å². The van der Waals surface area contributed by atoms with Crippen molar-refractivity contribution in [3.63, 3.8) is 0 Å². The highest BCUT2D eigenvalue weighted by Gasteiger charge is 2.31. The van der Waals surface area contributed by atoms with Crippen molar-refractivity contribution >= 4 is 45.8 Å². The number of hydrogen-bond donors (Lipinski definition) is 1. The van der Waals surface area contributed by atoms with Crippen LogP contribution in [0.15, 0.2) is 60.7 Å². The Kier molecular flexibility index (Phi) is 8.49. The van der Waals surface area contributed by atoms with Crippen LogP contribution in [0.3, 0.4) is 0 Å². The normalized spacial score (nSPS) is 13.3. The molecule has 1 unspecified atom stereocenters. The van der Waals surface area contributed by atoms with Crippen molar-refractivity contribution in [2.24, 2.45) is 5.92 Å². The van der Waals surface area contributed by atoms with Crippen LogP contribution in [0.4, 0.5) is 5.69 Å². The molecule has 0 aliphatic carbocycles. The third-order valence-corrected chi connectivity index (χ3v) is 7.16. The van der Waals surface area contributed by atoms with E-state index in [1.165, 1.54) is 0 Å². The van der Waals surface area contributed by atoms with Crippen molar-refractivity contribution in [1.82, 2.24) is 10.2 Å². The Bertz CT molecular complexity index is 1300. The van der Waals surface area contributed by atoms with E-state index in [-0.39, 0.29) is 30.7 Å². The number of carbonyl (C=O) groups excluding carboxylic acids is 3. The second-order valence-electron chi connectivity index (χ2n) is 9.92. The topological polar surface area (TPSA) is 69.7 Å². The predicted molar refractivity (Wildman–Crippen MR) is 149 cm³/mol. The molecule has 0 saturated carbocycles. The van der Waals surface area contributed by atoms with E-state index in [0.29, 0.717) is 42.4 Å². The van der Waals surface area contributed by atoms with E-state index in [2.05, 4.69) is 5.32 Å². The van der Waals surface area contributed by atoms with Crippen molar-refractivity contribution in [3.8, 4) is 0 Å². The van der Waals surface area contributed by atoms with E-state index in [4.69, 9.17) is 11.6 Å². The third-order valence-electron chi connectivity index (χ3n) is 6.79. The fraction of sp³-hybridized carbons (Fsp3) is 0.367. The molecule has 0 aromatic heterocycles. The van der Waals surface area contributed by atoms with Crippen LogP contribution < -0.4 is 10.2 Å². The van der Waals surface area contributed by atoms with E-state index in [1.807, 2.05) is 75.4 Å². The van der Waals surface area contributed by atoms with Gasteiger partial charge in [-0.25, -0.2) is 0 Å². The van der Waals surface area contributed by atoms with E-state index < -0.39 is 6.04 Å². The number of hydrogen-bond acceptors (Lipinski definition) is 3. The van der Waals surface area contributed by atoms with Crippen molar-refractivity contribution in [2.45, 2.75) is 52.6 Å². The zero-order valence-corrected chi connectivity index (χ0v) is 22.4. The molecule has 0 fully saturated rings. The summed E-state index contributed by atoms with van der Waals surface area (Å²) in [7, 11) is 0. The molecular weight excluding hydrogens is 486 g/mol. The maximum atomic E-state index is 13.6. The summed E-state index contributed by atoms with van der Waals surface area (Å²) in [5, 5.41) is 5.54. The largest absolute Gasteiger partial charge is 0.354 e. The van der Waals surface area contributed by atoms with Crippen LogP contribution in [0.2, 0.25) is 5.02 Å². The summed E-state index contributed by atoms with van der Waals surface area (Å²) < 4.78 is 0. The molecule has 3 aromatic rings. The lowest BCUT2D eigenvalue weighted by molar-refractivity contribution is -0.141. The van der Waals surface area contributed by atoms with E-state index in [1.54, 1.807) is 15.9 Å². The first kappa shape index (κ1) is 26.7. The molecule has 7 heteroatoms. The Morgan fingerprint density at radius 3 is 2.46 bits per heavy atom. The van der Waals surface area contributed by atoms with Gasteiger partial charge in [-0.15, -0.1) is 0 Å². The zero-order chi connectivity index (χ0) is 26.5. The minimum absolute atomic E-state index is 0.0355. The van der Waals surface area contributed by atoms with Gasteiger partial charge in [0.05, 0.1) is 5.69 Å². The van der Waals surface area contributed by atoms with Gasteiger partial charge in [-0.2, -0.15) is 0 Å². The number of nitrogens with one attached hydrogen (secondary N) is 1. The van der Waals surface area contributed by atoms with Gasteiger partial charge in [0, 0.05) is 42.0 Å². The Morgan fingerprint density at radius 1 is 1.03 bits per heavy atom. The summed E-state index contributed by atoms with van der Waals surface area (Å²) in [6, 6.07) is 18.4. The van der Waals surface area contributed by atoms with Crippen molar-refractivity contribution < 1.29 is 14.4 Å². The summed E-state index contributed by atoms with van der Waals surface area (Å²) in [4.78, 5) is 43.1. The fourth-order valence-corrected chi connectivity index (χ4v) is 5.08. The second-order valence-corrected chi connectivity index (χ2v) is 10.3. The van der Waals surface area contributed by atoms with E-state index >= 15 is 0 Å². The second kappa shape index (κ2) is 11.8. The average Bonchev–Trinajstić information content (AvgIpc) is 3.16. The van der Waals surface area contributed by atoms with Crippen LogP contribution in [0.25, 0.3) is 10.8 Å². The minimum atomic E-state index is -0.603. The number of carbonyl (C=O) groups is 3. The first-order chi connectivity index (χ1) is 17.8.